The van der Waals surface area contributed by atoms with Crippen LogP contribution in [0.1, 0.15) is 5.56 Å². The van der Waals surface area contributed by atoms with Gasteiger partial charge in [0.25, 0.3) is 0 Å². The van der Waals surface area contributed by atoms with E-state index in [9.17, 15) is 4.79 Å². The number of amides is 1. The molecule has 2 heterocycles. The van der Waals surface area contributed by atoms with Gasteiger partial charge in [0, 0.05) is 31.9 Å². The molecule has 0 bridgehead atoms. The van der Waals surface area contributed by atoms with E-state index in [1.54, 1.807) is 11.3 Å². The van der Waals surface area contributed by atoms with Crippen molar-refractivity contribution in [3.8, 4) is 0 Å². The number of nitrogens with zero attached hydrogens (tertiary/aromatic N) is 2. The highest BCUT2D eigenvalue weighted by Crippen LogP contribution is 2.28. The van der Waals surface area contributed by atoms with E-state index in [2.05, 4.69) is 21.7 Å². The van der Waals surface area contributed by atoms with Crippen LogP contribution >= 0.6 is 11.3 Å². The van der Waals surface area contributed by atoms with E-state index >= 15 is 0 Å². The summed E-state index contributed by atoms with van der Waals surface area (Å²) in [5.74, 6) is 0.202. The van der Waals surface area contributed by atoms with Crippen molar-refractivity contribution in [3.63, 3.8) is 0 Å². The lowest BCUT2D eigenvalue weighted by atomic mass is 10.1. The average molecular weight is 352 g/mol. The standard InChI is InChI=1S/C19H20N4OS/c24-18(23-11-9-20-10-12-23)13-14-5-7-15(8-6-14)21-19-22-16-3-1-2-4-17(16)25-19/h1-8,20H,9-13H2,(H,21,22). The summed E-state index contributed by atoms with van der Waals surface area (Å²) < 4.78 is 1.17. The molecular weight excluding hydrogens is 332 g/mol. The van der Waals surface area contributed by atoms with Gasteiger partial charge in [-0.2, -0.15) is 0 Å². The summed E-state index contributed by atoms with van der Waals surface area (Å²) in [6.07, 6.45) is 0.460. The maximum absolute atomic E-state index is 12.3. The summed E-state index contributed by atoms with van der Waals surface area (Å²) in [4.78, 5) is 18.8. The number of carbonyl (C=O) groups excluding carboxylic acids is 1. The van der Waals surface area contributed by atoms with Crippen LogP contribution in [0.4, 0.5) is 10.8 Å². The Labute approximate surface area is 150 Å². The molecule has 0 spiro atoms. The number of fused-ring (bicyclic) bond motifs is 1. The first-order chi connectivity index (χ1) is 12.3. The van der Waals surface area contributed by atoms with E-state index in [1.165, 1.54) is 4.70 Å². The summed E-state index contributed by atoms with van der Waals surface area (Å²) in [6, 6.07) is 16.1. The van der Waals surface area contributed by atoms with E-state index in [-0.39, 0.29) is 5.91 Å². The van der Waals surface area contributed by atoms with Gasteiger partial charge in [0.05, 0.1) is 16.6 Å². The molecule has 1 aliphatic rings. The van der Waals surface area contributed by atoms with Crippen LogP contribution in [0.15, 0.2) is 48.5 Å². The van der Waals surface area contributed by atoms with Crippen LogP contribution in [0.5, 0.6) is 0 Å². The third-order valence-electron chi connectivity index (χ3n) is 4.32. The van der Waals surface area contributed by atoms with Crippen molar-refractivity contribution in [2.75, 3.05) is 31.5 Å². The minimum absolute atomic E-state index is 0.202. The smallest absolute Gasteiger partial charge is 0.227 e. The number of aromatic nitrogens is 1. The van der Waals surface area contributed by atoms with Crippen molar-refractivity contribution in [1.82, 2.24) is 15.2 Å². The Hall–Kier alpha value is -2.44. The lowest BCUT2D eigenvalue weighted by molar-refractivity contribution is -0.131. The Morgan fingerprint density at radius 2 is 1.88 bits per heavy atom. The first-order valence-corrected chi connectivity index (χ1v) is 9.30. The lowest BCUT2D eigenvalue weighted by Crippen LogP contribution is -2.46. The molecule has 6 heteroatoms. The molecule has 128 valence electrons. The molecule has 4 rings (SSSR count). The first kappa shape index (κ1) is 16.1. The Bertz CT molecular complexity index is 836. The number of benzene rings is 2. The van der Waals surface area contributed by atoms with Crippen LogP contribution in [-0.2, 0) is 11.2 Å². The van der Waals surface area contributed by atoms with E-state index in [1.807, 2.05) is 47.4 Å². The van der Waals surface area contributed by atoms with Crippen molar-refractivity contribution < 1.29 is 4.79 Å². The summed E-state index contributed by atoms with van der Waals surface area (Å²) in [5.41, 5.74) is 3.03. The fraction of sp³-hybridized carbons (Fsp3) is 0.263. The predicted molar refractivity (Wildman–Crippen MR) is 102 cm³/mol. The van der Waals surface area contributed by atoms with Gasteiger partial charge in [0.2, 0.25) is 5.91 Å². The molecule has 2 aromatic carbocycles. The second-order valence-electron chi connectivity index (χ2n) is 6.12. The molecule has 0 unspecified atom stereocenters. The third-order valence-corrected chi connectivity index (χ3v) is 5.28. The second kappa shape index (κ2) is 7.21. The van der Waals surface area contributed by atoms with Crippen molar-refractivity contribution in [2.24, 2.45) is 0 Å². The Morgan fingerprint density at radius 3 is 2.64 bits per heavy atom. The zero-order valence-electron chi connectivity index (χ0n) is 13.9. The molecule has 0 radical (unpaired) electrons. The Morgan fingerprint density at radius 1 is 1.12 bits per heavy atom. The summed E-state index contributed by atoms with van der Waals surface area (Å²) in [5, 5.41) is 7.49. The monoisotopic (exact) mass is 352 g/mol. The molecule has 0 atom stereocenters. The van der Waals surface area contributed by atoms with Gasteiger partial charge in [-0.25, -0.2) is 4.98 Å². The van der Waals surface area contributed by atoms with Gasteiger partial charge < -0.3 is 15.5 Å². The number of anilines is 2. The van der Waals surface area contributed by atoms with E-state index in [4.69, 9.17) is 0 Å². The van der Waals surface area contributed by atoms with Crippen LogP contribution in [0.25, 0.3) is 10.2 Å². The fourth-order valence-corrected chi connectivity index (χ4v) is 3.84. The summed E-state index contributed by atoms with van der Waals surface area (Å²) in [7, 11) is 0. The van der Waals surface area contributed by atoms with Gasteiger partial charge in [-0.3, -0.25) is 4.79 Å². The quantitative estimate of drug-likeness (QED) is 0.758. The van der Waals surface area contributed by atoms with E-state index in [0.717, 1.165) is 48.1 Å². The minimum atomic E-state index is 0.202. The molecule has 1 amide bonds. The number of hydrogen-bond donors (Lipinski definition) is 2. The van der Waals surface area contributed by atoms with E-state index < -0.39 is 0 Å². The normalized spacial score (nSPS) is 14.6. The average Bonchev–Trinajstić information content (AvgIpc) is 3.06. The van der Waals surface area contributed by atoms with Crippen LogP contribution in [0.3, 0.4) is 0 Å². The van der Waals surface area contributed by atoms with E-state index in [0.29, 0.717) is 6.42 Å². The number of para-hydroxylation sites is 1. The highest BCUT2D eigenvalue weighted by Gasteiger charge is 2.16. The summed E-state index contributed by atoms with van der Waals surface area (Å²) >= 11 is 1.64. The summed E-state index contributed by atoms with van der Waals surface area (Å²) in [6.45, 7) is 3.37. The zero-order chi connectivity index (χ0) is 17.1. The zero-order valence-corrected chi connectivity index (χ0v) is 14.7. The lowest BCUT2D eigenvalue weighted by Gasteiger charge is -2.27. The van der Waals surface area contributed by atoms with Crippen molar-refractivity contribution in [1.29, 1.82) is 0 Å². The van der Waals surface area contributed by atoms with Crippen molar-refractivity contribution in [2.45, 2.75) is 6.42 Å². The number of rotatable bonds is 4. The number of carbonyl (C=O) groups is 1. The largest absolute Gasteiger partial charge is 0.340 e. The molecule has 1 fully saturated rings. The SMILES string of the molecule is O=C(Cc1ccc(Nc2nc3ccccc3s2)cc1)N1CCNCC1. The van der Waals surface area contributed by atoms with Crippen molar-refractivity contribution >= 4 is 38.3 Å². The number of hydrogen-bond acceptors (Lipinski definition) is 5. The Kier molecular flexibility index (Phi) is 4.63. The molecule has 2 N–H and O–H groups in total. The Balaban J connectivity index is 1.40. The van der Waals surface area contributed by atoms with Crippen LogP contribution < -0.4 is 10.6 Å². The maximum atomic E-state index is 12.3. The minimum Gasteiger partial charge on any atom is -0.340 e. The molecule has 0 aliphatic carbocycles. The highest BCUT2D eigenvalue weighted by atomic mass is 32.1. The van der Waals surface area contributed by atoms with Crippen LogP contribution in [-0.4, -0.2) is 42.0 Å². The van der Waals surface area contributed by atoms with Crippen LogP contribution in [0, 0.1) is 0 Å². The number of thiazole rings is 1. The van der Waals surface area contributed by atoms with Gasteiger partial charge in [0.15, 0.2) is 5.13 Å². The molecule has 1 saturated heterocycles. The molecular formula is C19H20N4OS. The molecule has 25 heavy (non-hydrogen) atoms. The number of piperazine rings is 1. The van der Waals surface area contributed by atoms with Gasteiger partial charge in [-0.1, -0.05) is 35.6 Å². The van der Waals surface area contributed by atoms with Gasteiger partial charge >= 0.3 is 0 Å². The number of nitrogens with one attached hydrogen (secondary N) is 2. The molecule has 1 aromatic heterocycles. The highest BCUT2D eigenvalue weighted by molar-refractivity contribution is 7.22. The third kappa shape index (κ3) is 3.81. The van der Waals surface area contributed by atoms with Gasteiger partial charge in [0.1, 0.15) is 0 Å². The van der Waals surface area contributed by atoms with Gasteiger partial charge in [-0.05, 0) is 29.8 Å². The van der Waals surface area contributed by atoms with Crippen LogP contribution in [0.2, 0.25) is 0 Å². The molecule has 5 nitrogen and oxygen atoms in total. The van der Waals surface area contributed by atoms with Gasteiger partial charge in [-0.15, -0.1) is 0 Å². The first-order valence-electron chi connectivity index (χ1n) is 8.48. The molecule has 1 aliphatic heterocycles. The van der Waals surface area contributed by atoms with Crippen molar-refractivity contribution in [3.05, 3.63) is 54.1 Å². The molecule has 0 saturated carbocycles. The topological polar surface area (TPSA) is 57.3 Å². The molecule has 3 aromatic rings. The second-order valence-corrected chi connectivity index (χ2v) is 7.15. The maximum Gasteiger partial charge on any atom is 0.227 e. The fourth-order valence-electron chi connectivity index (χ4n) is 2.96. The predicted octanol–water partition coefficient (Wildman–Crippen LogP) is 3.01.